The molecule has 0 bridgehead atoms. The van der Waals surface area contributed by atoms with Gasteiger partial charge in [-0.2, -0.15) is 9.57 Å². The molecule has 1 rings (SSSR count). The summed E-state index contributed by atoms with van der Waals surface area (Å²) in [5.41, 5.74) is 0. The number of halogens is 1. The Labute approximate surface area is 97.7 Å². The lowest BCUT2D eigenvalue weighted by molar-refractivity contribution is 0.478. The lowest BCUT2D eigenvalue weighted by Gasteiger charge is -2.13. The van der Waals surface area contributed by atoms with Gasteiger partial charge in [0.1, 0.15) is 4.21 Å². The third-order valence-electron chi connectivity index (χ3n) is 1.75. The Hall–Kier alpha value is -0.610. The minimum Gasteiger partial charge on any atom is -0.206 e. The van der Waals surface area contributed by atoms with Crippen LogP contribution in [0.15, 0.2) is 16.3 Å². The standard InChI is InChI=1S/C8H9ClN2O2S2/c1-11(6-2-5-10)15(12,13)8-4-3-7(9)14-8/h3-4H,2,6H2,1H3. The van der Waals surface area contributed by atoms with E-state index in [4.69, 9.17) is 16.9 Å². The first kappa shape index (κ1) is 12.5. The van der Waals surface area contributed by atoms with Crippen LogP contribution in [-0.4, -0.2) is 26.3 Å². The summed E-state index contributed by atoms with van der Waals surface area (Å²) >= 11 is 6.67. The highest BCUT2D eigenvalue weighted by molar-refractivity contribution is 7.91. The second-order valence-corrected chi connectivity index (χ2v) is 6.78. The fourth-order valence-electron chi connectivity index (χ4n) is 0.918. The van der Waals surface area contributed by atoms with Gasteiger partial charge in [-0.25, -0.2) is 8.42 Å². The predicted molar refractivity (Wildman–Crippen MR) is 59.4 cm³/mol. The van der Waals surface area contributed by atoms with Crippen LogP contribution in [0.4, 0.5) is 0 Å². The fraction of sp³-hybridized carbons (Fsp3) is 0.375. The molecule has 0 radical (unpaired) electrons. The van der Waals surface area contributed by atoms with Gasteiger partial charge in [0.15, 0.2) is 0 Å². The zero-order chi connectivity index (χ0) is 11.5. The highest BCUT2D eigenvalue weighted by Gasteiger charge is 2.21. The molecule has 4 nitrogen and oxygen atoms in total. The van der Waals surface area contributed by atoms with Crippen molar-refractivity contribution in [3.05, 3.63) is 16.5 Å². The summed E-state index contributed by atoms with van der Waals surface area (Å²) in [7, 11) is -2.03. The Bertz CT molecular complexity index is 475. The Morgan fingerprint density at radius 1 is 1.60 bits per heavy atom. The molecular formula is C8H9ClN2O2S2. The number of nitriles is 1. The molecule has 0 N–H and O–H groups in total. The number of sulfonamides is 1. The summed E-state index contributed by atoms with van der Waals surface area (Å²) in [5.74, 6) is 0. The smallest absolute Gasteiger partial charge is 0.206 e. The minimum absolute atomic E-state index is 0.175. The van der Waals surface area contributed by atoms with Crippen molar-refractivity contribution in [1.82, 2.24) is 4.31 Å². The van der Waals surface area contributed by atoms with Crippen LogP contribution < -0.4 is 0 Å². The summed E-state index contributed by atoms with van der Waals surface area (Å²) in [6.07, 6.45) is 0.175. The molecule has 0 aliphatic rings. The molecule has 0 aromatic carbocycles. The van der Waals surface area contributed by atoms with Gasteiger partial charge in [-0.15, -0.1) is 11.3 Å². The molecular weight excluding hydrogens is 256 g/mol. The van der Waals surface area contributed by atoms with Crippen LogP contribution in [0.1, 0.15) is 6.42 Å². The number of thiophene rings is 1. The molecule has 0 spiro atoms. The molecule has 0 aliphatic heterocycles. The first-order valence-corrected chi connectivity index (χ1v) is 6.70. The van der Waals surface area contributed by atoms with E-state index in [-0.39, 0.29) is 17.2 Å². The molecule has 82 valence electrons. The van der Waals surface area contributed by atoms with E-state index in [1.54, 1.807) is 0 Å². The van der Waals surface area contributed by atoms with Crippen molar-refractivity contribution in [3.63, 3.8) is 0 Å². The van der Waals surface area contributed by atoms with Gasteiger partial charge in [0.2, 0.25) is 0 Å². The number of rotatable bonds is 4. The molecule has 1 aromatic rings. The molecule has 0 fully saturated rings. The summed E-state index contributed by atoms with van der Waals surface area (Å²) in [6, 6.07) is 4.90. The monoisotopic (exact) mass is 264 g/mol. The van der Waals surface area contributed by atoms with Crippen molar-refractivity contribution in [3.8, 4) is 6.07 Å². The van der Waals surface area contributed by atoms with Crippen molar-refractivity contribution in [2.75, 3.05) is 13.6 Å². The van der Waals surface area contributed by atoms with E-state index in [0.29, 0.717) is 4.34 Å². The third-order valence-corrected chi connectivity index (χ3v) is 5.31. The largest absolute Gasteiger partial charge is 0.252 e. The summed E-state index contributed by atoms with van der Waals surface area (Å²) in [6.45, 7) is 0.189. The van der Waals surface area contributed by atoms with Crippen LogP contribution in [0.5, 0.6) is 0 Å². The summed E-state index contributed by atoms with van der Waals surface area (Å²) in [4.78, 5) is 0. The zero-order valence-corrected chi connectivity index (χ0v) is 10.4. The van der Waals surface area contributed by atoms with Gasteiger partial charge >= 0.3 is 0 Å². The molecule has 0 saturated heterocycles. The minimum atomic E-state index is -3.47. The lowest BCUT2D eigenvalue weighted by atomic mass is 10.5. The maximum atomic E-state index is 11.8. The van der Waals surface area contributed by atoms with Gasteiger partial charge in [0.05, 0.1) is 10.4 Å². The van der Waals surface area contributed by atoms with Gasteiger partial charge < -0.3 is 0 Å². The predicted octanol–water partition coefficient (Wildman–Crippen LogP) is 1.94. The summed E-state index contributed by atoms with van der Waals surface area (Å²) in [5, 5.41) is 8.37. The van der Waals surface area contributed by atoms with Crippen LogP contribution in [0.3, 0.4) is 0 Å². The molecule has 1 heterocycles. The van der Waals surface area contributed by atoms with E-state index in [0.717, 1.165) is 15.6 Å². The van der Waals surface area contributed by atoms with E-state index >= 15 is 0 Å². The Morgan fingerprint density at radius 2 is 2.27 bits per heavy atom. The van der Waals surface area contributed by atoms with Crippen LogP contribution in [0, 0.1) is 11.3 Å². The number of hydrogen-bond acceptors (Lipinski definition) is 4. The third kappa shape index (κ3) is 2.92. The van der Waals surface area contributed by atoms with E-state index in [2.05, 4.69) is 0 Å². The second-order valence-electron chi connectivity index (χ2n) is 2.79. The Balaban J connectivity index is 2.89. The van der Waals surface area contributed by atoms with Crippen molar-refractivity contribution in [1.29, 1.82) is 5.26 Å². The molecule has 0 saturated carbocycles. The quantitative estimate of drug-likeness (QED) is 0.835. The van der Waals surface area contributed by atoms with Crippen molar-refractivity contribution in [2.45, 2.75) is 10.6 Å². The molecule has 0 amide bonds. The van der Waals surface area contributed by atoms with Crippen LogP contribution >= 0.6 is 22.9 Å². The van der Waals surface area contributed by atoms with Gasteiger partial charge in [-0.05, 0) is 12.1 Å². The molecule has 0 aliphatic carbocycles. The SMILES string of the molecule is CN(CCC#N)S(=O)(=O)c1ccc(Cl)s1. The van der Waals surface area contributed by atoms with Gasteiger partial charge in [0, 0.05) is 20.0 Å². The molecule has 15 heavy (non-hydrogen) atoms. The highest BCUT2D eigenvalue weighted by Crippen LogP contribution is 2.27. The van der Waals surface area contributed by atoms with E-state index in [9.17, 15) is 8.42 Å². The van der Waals surface area contributed by atoms with E-state index in [1.165, 1.54) is 19.2 Å². The molecule has 7 heteroatoms. The van der Waals surface area contributed by atoms with Crippen LogP contribution in [0.25, 0.3) is 0 Å². The molecule has 0 atom stereocenters. The maximum absolute atomic E-state index is 11.8. The zero-order valence-electron chi connectivity index (χ0n) is 7.97. The normalized spacial score (nSPS) is 11.6. The van der Waals surface area contributed by atoms with Gasteiger partial charge in [0.25, 0.3) is 10.0 Å². The topological polar surface area (TPSA) is 61.2 Å². The van der Waals surface area contributed by atoms with Crippen LogP contribution in [0.2, 0.25) is 4.34 Å². The van der Waals surface area contributed by atoms with Crippen molar-refractivity contribution in [2.24, 2.45) is 0 Å². The lowest BCUT2D eigenvalue weighted by Crippen LogP contribution is -2.27. The van der Waals surface area contributed by atoms with Crippen molar-refractivity contribution < 1.29 is 8.42 Å². The summed E-state index contributed by atoms with van der Waals surface area (Å²) < 4.78 is 25.4. The average Bonchev–Trinajstić information content (AvgIpc) is 2.61. The highest BCUT2D eigenvalue weighted by atomic mass is 35.5. The first-order chi connectivity index (χ1) is 6.98. The fourth-order valence-corrected chi connectivity index (χ4v) is 3.78. The number of nitrogens with zero attached hydrogens (tertiary/aromatic N) is 2. The van der Waals surface area contributed by atoms with Gasteiger partial charge in [-0.1, -0.05) is 11.6 Å². The van der Waals surface area contributed by atoms with E-state index in [1.807, 2.05) is 6.07 Å². The van der Waals surface area contributed by atoms with Crippen molar-refractivity contribution >= 4 is 33.0 Å². The van der Waals surface area contributed by atoms with Crippen LogP contribution in [-0.2, 0) is 10.0 Å². The van der Waals surface area contributed by atoms with Gasteiger partial charge in [-0.3, -0.25) is 0 Å². The molecule has 0 unspecified atom stereocenters. The molecule has 1 aromatic heterocycles. The average molecular weight is 265 g/mol. The first-order valence-electron chi connectivity index (χ1n) is 4.07. The Kier molecular flexibility index (Phi) is 4.11. The number of hydrogen-bond donors (Lipinski definition) is 0. The van der Waals surface area contributed by atoms with E-state index < -0.39 is 10.0 Å². The Morgan fingerprint density at radius 3 is 2.73 bits per heavy atom. The maximum Gasteiger partial charge on any atom is 0.252 e. The second kappa shape index (κ2) is 4.94.